The number of aromatic nitrogens is 2. The van der Waals surface area contributed by atoms with E-state index in [2.05, 4.69) is 27.6 Å². The summed E-state index contributed by atoms with van der Waals surface area (Å²) in [5.41, 5.74) is 2.80. The standard InChI is InChI=1S/C16H9IN2OS/c17-11-6-2-1-5-10(11)9-14-15(20)19-13-8-4-3-7-12(13)18-16(19)21-14/h1-9H/b14-9-. The molecule has 0 unspecified atom stereocenters. The topological polar surface area (TPSA) is 34.4 Å². The second-order valence-electron chi connectivity index (χ2n) is 4.66. The van der Waals surface area contributed by atoms with E-state index in [0.717, 1.165) is 25.1 Å². The molecule has 5 heteroatoms. The van der Waals surface area contributed by atoms with Gasteiger partial charge >= 0.3 is 0 Å². The zero-order valence-corrected chi connectivity index (χ0v) is 13.8. The molecule has 0 bridgehead atoms. The van der Waals surface area contributed by atoms with Gasteiger partial charge in [-0.05, 0) is 52.4 Å². The lowest BCUT2D eigenvalue weighted by Crippen LogP contribution is -2.22. The molecule has 0 spiro atoms. The van der Waals surface area contributed by atoms with Gasteiger partial charge in [-0.1, -0.05) is 41.7 Å². The summed E-state index contributed by atoms with van der Waals surface area (Å²) in [4.78, 5) is 17.9. The monoisotopic (exact) mass is 404 g/mol. The van der Waals surface area contributed by atoms with Gasteiger partial charge in [-0.15, -0.1) is 0 Å². The number of hydrogen-bond donors (Lipinski definition) is 0. The number of nitrogens with zero attached hydrogens (tertiary/aromatic N) is 2. The molecule has 0 N–H and O–H groups in total. The number of para-hydroxylation sites is 2. The third-order valence-electron chi connectivity index (χ3n) is 3.34. The fourth-order valence-electron chi connectivity index (χ4n) is 2.35. The summed E-state index contributed by atoms with van der Waals surface area (Å²) in [6, 6.07) is 15.7. The van der Waals surface area contributed by atoms with Crippen molar-refractivity contribution >= 4 is 56.0 Å². The van der Waals surface area contributed by atoms with Crippen LogP contribution in [0.15, 0.2) is 53.3 Å². The van der Waals surface area contributed by atoms with Crippen LogP contribution >= 0.6 is 33.9 Å². The minimum absolute atomic E-state index is 0.00310. The maximum absolute atomic E-state index is 12.6. The summed E-state index contributed by atoms with van der Waals surface area (Å²) in [6.07, 6.45) is 1.94. The molecule has 0 aliphatic carbocycles. The predicted octanol–water partition coefficient (Wildman–Crippen LogP) is 3.06. The quantitative estimate of drug-likeness (QED) is 0.457. The highest BCUT2D eigenvalue weighted by atomic mass is 127. The molecule has 0 amide bonds. The Bertz CT molecular complexity index is 1080. The van der Waals surface area contributed by atoms with Crippen LogP contribution in [0.2, 0.25) is 0 Å². The van der Waals surface area contributed by atoms with E-state index >= 15 is 0 Å². The lowest BCUT2D eigenvalue weighted by atomic mass is 10.2. The van der Waals surface area contributed by atoms with Crippen molar-refractivity contribution in [2.75, 3.05) is 0 Å². The van der Waals surface area contributed by atoms with Gasteiger partial charge in [-0.25, -0.2) is 9.38 Å². The molecule has 2 aromatic carbocycles. The minimum atomic E-state index is 0.00310. The van der Waals surface area contributed by atoms with Crippen molar-refractivity contribution in [3.8, 4) is 0 Å². The highest BCUT2D eigenvalue weighted by Gasteiger charge is 2.10. The zero-order chi connectivity index (χ0) is 14.4. The van der Waals surface area contributed by atoms with Gasteiger partial charge in [0.1, 0.15) is 0 Å². The van der Waals surface area contributed by atoms with Crippen LogP contribution in [-0.2, 0) is 0 Å². The summed E-state index contributed by atoms with van der Waals surface area (Å²) >= 11 is 3.71. The van der Waals surface area contributed by atoms with Gasteiger partial charge in [0.15, 0.2) is 4.96 Å². The molecule has 21 heavy (non-hydrogen) atoms. The maximum atomic E-state index is 12.6. The molecule has 0 fully saturated rings. The summed E-state index contributed by atoms with van der Waals surface area (Å²) in [5.74, 6) is 0. The molecule has 2 aromatic heterocycles. The number of thiazole rings is 1. The number of fused-ring (bicyclic) bond motifs is 3. The van der Waals surface area contributed by atoms with E-state index < -0.39 is 0 Å². The molecule has 2 heterocycles. The number of hydrogen-bond acceptors (Lipinski definition) is 3. The van der Waals surface area contributed by atoms with Gasteiger partial charge < -0.3 is 0 Å². The van der Waals surface area contributed by atoms with Crippen LogP contribution in [0.4, 0.5) is 0 Å². The largest absolute Gasteiger partial charge is 0.274 e. The van der Waals surface area contributed by atoms with Crippen LogP contribution < -0.4 is 10.1 Å². The Hall–Kier alpha value is -1.73. The third kappa shape index (κ3) is 2.08. The summed E-state index contributed by atoms with van der Waals surface area (Å²) in [6.45, 7) is 0. The molecule has 0 saturated carbocycles. The lowest BCUT2D eigenvalue weighted by Gasteiger charge is -1.94. The van der Waals surface area contributed by atoms with Gasteiger partial charge in [0.05, 0.1) is 15.6 Å². The van der Waals surface area contributed by atoms with Crippen molar-refractivity contribution < 1.29 is 0 Å². The number of imidazole rings is 1. The van der Waals surface area contributed by atoms with E-state index in [0.29, 0.717) is 4.53 Å². The van der Waals surface area contributed by atoms with Gasteiger partial charge in [0.25, 0.3) is 5.56 Å². The molecule has 0 aliphatic rings. The van der Waals surface area contributed by atoms with E-state index in [-0.39, 0.29) is 5.56 Å². The highest BCUT2D eigenvalue weighted by molar-refractivity contribution is 14.1. The van der Waals surface area contributed by atoms with Gasteiger partial charge in [0, 0.05) is 3.57 Å². The second kappa shape index (κ2) is 4.92. The van der Waals surface area contributed by atoms with Crippen molar-refractivity contribution in [2.45, 2.75) is 0 Å². The van der Waals surface area contributed by atoms with Gasteiger partial charge in [0.2, 0.25) is 0 Å². The Morgan fingerprint density at radius 2 is 1.86 bits per heavy atom. The van der Waals surface area contributed by atoms with Crippen LogP contribution in [-0.4, -0.2) is 9.38 Å². The fourth-order valence-corrected chi connectivity index (χ4v) is 3.87. The Labute approximate surface area is 137 Å². The van der Waals surface area contributed by atoms with Crippen molar-refractivity contribution in [2.24, 2.45) is 0 Å². The van der Waals surface area contributed by atoms with E-state index in [4.69, 9.17) is 0 Å². The third-order valence-corrected chi connectivity index (χ3v) is 5.29. The van der Waals surface area contributed by atoms with E-state index in [9.17, 15) is 4.79 Å². The van der Waals surface area contributed by atoms with Crippen molar-refractivity contribution in [1.82, 2.24) is 9.38 Å². The minimum Gasteiger partial charge on any atom is -0.267 e. The van der Waals surface area contributed by atoms with E-state index in [1.165, 1.54) is 11.3 Å². The molecule has 0 saturated heterocycles. The fraction of sp³-hybridized carbons (Fsp3) is 0. The maximum Gasteiger partial charge on any atom is 0.274 e. The zero-order valence-electron chi connectivity index (χ0n) is 10.8. The second-order valence-corrected chi connectivity index (χ2v) is 6.83. The van der Waals surface area contributed by atoms with E-state index in [1.54, 1.807) is 4.40 Å². The number of rotatable bonds is 1. The normalized spacial score (nSPS) is 12.5. The summed E-state index contributed by atoms with van der Waals surface area (Å²) in [7, 11) is 0. The van der Waals surface area contributed by atoms with Crippen LogP contribution in [0.25, 0.3) is 22.1 Å². The van der Waals surface area contributed by atoms with Crippen LogP contribution in [0.1, 0.15) is 5.56 Å². The number of benzene rings is 2. The summed E-state index contributed by atoms with van der Waals surface area (Å²) < 4.78 is 3.54. The molecular formula is C16H9IN2OS. The predicted molar refractivity (Wildman–Crippen MR) is 94.8 cm³/mol. The molecule has 3 nitrogen and oxygen atoms in total. The van der Waals surface area contributed by atoms with Crippen LogP contribution in [0.5, 0.6) is 0 Å². The van der Waals surface area contributed by atoms with Gasteiger partial charge in [-0.2, -0.15) is 0 Å². The van der Waals surface area contributed by atoms with Crippen molar-refractivity contribution in [3.63, 3.8) is 0 Å². The van der Waals surface area contributed by atoms with Crippen molar-refractivity contribution in [1.29, 1.82) is 0 Å². The molecule has 0 atom stereocenters. The molecular weight excluding hydrogens is 395 g/mol. The van der Waals surface area contributed by atoms with Crippen LogP contribution in [0.3, 0.4) is 0 Å². The van der Waals surface area contributed by atoms with Crippen LogP contribution in [0, 0.1) is 3.57 Å². The Morgan fingerprint density at radius 1 is 1.10 bits per heavy atom. The van der Waals surface area contributed by atoms with E-state index in [1.807, 2.05) is 54.6 Å². The smallest absolute Gasteiger partial charge is 0.267 e. The molecule has 102 valence electrons. The first-order valence-electron chi connectivity index (χ1n) is 6.40. The average molecular weight is 404 g/mol. The Morgan fingerprint density at radius 3 is 2.71 bits per heavy atom. The summed E-state index contributed by atoms with van der Waals surface area (Å²) in [5, 5.41) is 0. The molecule has 4 aromatic rings. The first-order chi connectivity index (χ1) is 10.2. The van der Waals surface area contributed by atoms with Crippen molar-refractivity contribution in [3.05, 3.63) is 72.6 Å². The first-order valence-corrected chi connectivity index (χ1v) is 8.30. The highest BCUT2D eigenvalue weighted by Crippen LogP contribution is 2.16. The van der Waals surface area contributed by atoms with Gasteiger partial charge in [-0.3, -0.25) is 4.79 Å². The average Bonchev–Trinajstić information content (AvgIpc) is 2.99. The SMILES string of the molecule is O=c1/c(=C/c2ccccc2I)sc2nc3ccccc3n12. The Balaban J connectivity index is 2.06. The Kier molecular flexibility index (Phi) is 3.04. The number of halogens is 1. The lowest BCUT2D eigenvalue weighted by molar-refractivity contribution is 1.19. The first kappa shape index (κ1) is 13.0. The molecule has 4 rings (SSSR count). The molecule has 0 aliphatic heterocycles. The molecule has 0 radical (unpaired) electrons.